The van der Waals surface area contributed by atoms with Gasteiger partial charge in [0, 0.05) is 6.20 Å². The second-order valence-corrected chi connectivity index (χ2v) is 4.56. The second kappa shape index (κ2) is 4.21. The van der Waals surface area contributed by atoms with Crippen molar-refractivity contribution in [2.45, 2.75) is 19.4 Å². The first-order valence-corrected chi connectivity index (χ1v) is 5.49. The molecule has 18 heavy (non-hydrogen) atoms. The van der Waals surface area contributed by atoms with Crippen molar-refractivity contribution < 1.29 is 14.4 Å². The smallest absolute Gasteiger partial charge is 0.251 e. The molecule has 2 heterocycles. The van der Waals surface area contributed by atoms with E-state index < -0.39 is 17.4 Å². The number of anilines is 1. The first kappa shape index (κ1) is 12.2. The summed E-state index contributed by atoms with van der Waals surface area (Å²) in [7, 11) is 0. The predicted octanol–water partition coefficient (Wildman–Crippen LogP) is 0.135. The Labute approximate surface area is 104 Å². The van der Waals surface area contributed by atoms with Gasteiger partial charge in [-0.05, 0) is 26.0 Å². The van der Waals surface area contributed by atoms with Gasteiger partial charge in [-0.2, -0.15) is 0 Å². The number of nitrogens with zero attached hydrogens (tertiary/aromatic N) is 2. The predicted molar refractivity (Wildman–Crippen MR) is 64.2 cm³/mol. The molecule has 6 nitrogen and oxygen atoms in total. The van der Waals surface area contributed by atoms with Crippen LogP contribution < -0.4 is 10.2 Å². The highest BCUT2D eigenvalue weighted by Gasteiger charge is 2.42. The maximum Gasteiger partial charge on any atom is 0.251 e. The van der Waals surface area contributed by atoms with Crippen molar-refractivity contribution in [3.8, 4) is 0 Å². The number of hydrogen-bond acceptors (Lipinski definition) is 5. The Balaban J connectivity index is 2.50. The van der Waals surface area contributed by atoms with Crippen molar-refractivity contribution >= 4 is 23.9 Å². The highest BCUT2D eigenvalue weighted by atomic mass is 16.2. The van der Waals surface area contributed by atoms with Gasteiger partial charge in [-0.1, -0.05) is 0 Å². The molecule has 0 bridgehead atoms. The van der Waals surface area contributed by atoms with Gasteiger partial charge in [0.2, 0.25) is 5.91 Å². The fraction of sp³-hybridized carbons (Fsp3) is 0.333. The van der Waals surface area contributed by atoms with Crippen molar-refractivity contribution in [3.63, 3.8) is 0 Å². The first-order valence-electron chi connectivity index (χ1n) is 5.49. The van der Waals surface area contributed by atoms with E-state index in [1.54, 1.807) is 26.0 Å². The van der Waals surface area contributed by atoms with Crippen LogP contribution in [0.15, 0.2) is 18.3 Å². The molecular weight excluding hydrogens is 234 g/mol. The minimum atomic E-state index is -0.931. The number of pyridine rings is 1. The molecule has 94 valence electrons. The van der Waals surface area contributed by atoms with Gasteiger partial charge in [-0.15, -0.1) is 0 Å². The summed E-state index contributed by atoms with van der Waals surface area (Å²) in [6, 6.07) is 3.23. The third kappa shape index (κ3) is 1.85. The molecule has 0 atom stereocenters. The molecular formula is C12H13N3O3. The molecule has 1 aromatic heterocycles. The molecule has 2 amide bonds. The van der Waals surface area contributed by atoms with E-state index in [9.17, 15) is 14.4 Å². The third-order valence-corrected chi connectivity index (χ3v) is 2.98. The van der Waals surface area contributed by atoms with E-state index in [1.807, 2.05) is 0 Å². The molecule has 0 spiro atoms. The lowest BCUT2D eigenvalue weighted by Gasteiger charge is -2.41. The van der Waals surface area contributed by atoms with Crippen LogP contribution in [0.4, 0.5) is 5.82 Å². The Hall–Kier alpha value is -2.24. The molecule has 1 N–H and O–H groups in total. The molecule has 0 saturated carbocycles. The number of carbonyl (C=O) groups excluding carboxylic acids is 3. The number of hydrogen-bond donors (Lipinski definition) is 1. The fourth-order valence-corrected chi connectivity index (χ4v) is 1.85. The minimum Gasteiger partial charge on any atom is -0.333 e. The molecule has 1 saturated heterocycles. The van der Waals surface area contributed by atoms with Crippen LogP contribution in [0.25, 0.3) is 0 Å². The number of aldehydes is 1. The van der Waals surface area contributed by atoms with Gasteiger partial charge in [0.1, 0.15) is 11.4 Å². The van der Waals surface area contributed by atoms with Crippen LogP contribution in [0, 0.1) is 0 Å². The molecule has 0 aliphatic carbocycles. The molecule has 0 unspecified atom stereocenters. The molecule has 0 radical (unpaired) electrons. The lowest BCUT2D eigenvalue weighted by atomic mass is 9.98. The van der Waals surface area contributed by atoms with E-state index in [0.29, 0.717) is 17.7 Å². The van der Waals surface area contributed by atoms with Crippen molar-refractivity contribution in [1.82, 2.24) is 10.3 Å². The standard InChI is InChI=1S/C12H13N3O3/c1-12(2)11(18)14-9(17)6-15(12)10-8(7-16)4-3-5-13-10/h3-5,7H,6H2,1-2H3,(H,14,17,18). The summed E-state index contributed by atoms with van der Waals surface area (Å²) < 4.78 is 0. The SMILES string of the molecule is CC1(C)C(=O)NC(=O)CN1c1ncccc1C=O. The molecule has 1 fully saturated rings. The Kier molecular flexibility index (Phi) is 2.86. The normalized spacial score (nSPS) is 18.4. The summed E-state index contributed by atoms with van der Waals surface area (Å²) in [4.78, 5) is 39.9. The number of carbonyl (C=O) groups is 3. The van der Waals surface area contributed by atoms with Gasteiger partial charge in [0.25, 0.3) is 5.91 Å². The zero-order chi connectivity index (χ0) is 13.3. The van der Waals surface area contributed by atoms with Crippen LogP contribution in [-0.4, -0.2) is 35.2 Å². The number of piperazine rings is 1. The summed E-state index contributed by atoms with van der Waals surface area (Å²) in [5.74, 6) is -0.455. The van der Waals surface area contributed by atoms with Gasteiger partial charge >= 0.3 is 0 Å². The maximum absolute atomic E-state index is 11.8. The molecule has 1 aliphatic rings. The van der Waals surface area contributed by atoms with Gasteiger partial charge in [0.05, 0.1) is 12.1 Å². The number of amides is 2. The molecule has 2 rings (SSSR count). The lowest BCUT2D eigenvalue weighted by Crippen LogP contribution is -2.64. The number of rotatable bonds is 2. The highest BCUT2D eigenvalue weighted by molar-refractivity contribution is 6.07. The van der Waals surface area contributed by atoms with E-state index >= 15 is 0 Å². The topological polar surface area (TPSA) is 79.4 Å². The van der Waals surface area contributed by atoms with E-state index in [2.05, 4.69) is 10.3 Å². The van der Waals surface area contributed by atoms with Gasteiger partial charge in [0.15, 0.2) is 6.29 Å². The van der Waals surface area contributed by atoms with Crippen molar-refractivity contribution in [2.24, 2.45) is 0 Å². The average molecular weight is 247 g/mol. The summed E-state index contributed by atoms with van der Waals surface area (Å²) in [5, 5.41) is 2.27. The molecule has 6 heteroatoms. The first-order chi connectivity index (χ1) is 8.46. The zero-order valence-electron chi connectivity index (χ0n) is 10.1. The average Bonchev–Trinajstić information content (AvgIpc) is 2.34. The van der Waals surface area contributed by atoms with Crippen molar-refractivity contribution in [1.29, 1.82) is 0 Å². The summed E-state index contributed by atoms with van der Waals surface area (Å²) in [6.07, 6.45) is 2.19. The quantitative estimate of drug-likeness (QED) is 0.594. The number of aromatic nitrogens is 1. The fourth-order valence-electron chi connectivity index (χ4n) is 1.85. The van der Waals surface area contributed by atoms with Gasteiger partial charge in [-0.25, -0.2) is 4.98 Å². The third-order valence-electron chi connectivity index (χ3n) is 2.98. The molecule has 1 aliphatic heterocycles. The van der Waals surface area contributed by atoms with Crippen LogP contribution in [0.3, 0.4) is 0 Å². The van der Waals surface area contributed by atoms with Crippen LogP contribution >= 0.6 is 0 Å². The molecule has 0 aromatic carbocycles. The van der Waals surface area contributed by atoms with E-state index in [0.717, 1.165) is 0 Å². The summed E-state index contributed by atoms with van der Waals surface area (Å²) in [6.45, 7) is 3.35. The number of imide groups is 1. The largest absolute Gasteiger partial charge is 0.333 e. The Morgan fingerprint density at radius 3 is 2.83 bits per heavy atom. The van der Waals surface area contributed by atoms with E-state index in [4.69, 9.17) is 0 Å². The Morgan fingerprint density at radius 1 is 1.44 bits per heavy atom. The van der Waals surface area contributed by atoms with E-state index in [1.165, 1.54) is 11.1 Å². The Bertz CT molecular complexity index is 525. The number of nitrogens with one attached hydrogen (secondary N) is 1. The molecule has 1 aromatic rings. The highest BCUT2D eigenvalue weighted by Crippen LogP contribution is 2.26. The van der Waals surface area contributed by atoms with Gasteiger partial charge < -0.3 is 4.90 Å². The lowest BCUT2D eigenvalue weighted by molar-refractivity contribution is -0.135. The van der Waals surface area contributed by atoms with Crippen LogP contribution in [0.5, 0.6) is 0 Å². The second-order valence-electron chi connectivity index (χ2n) is 4.56. The maximum atomic E-state index is 11.8. The Morgan fingerprint density at radius 2 is 2.17 bits per heavy atom. The van der Waals surface area contributed by atoms with Crippen LogP contribution in [0.2, 0.25) is 0 Å². The van der Waals surface area contributed by atoms with Crippen molar-refractivity contribution in [3.05, 3.63) is 23.9 Å². The van der Waals surface area contributed by atoms with Crippen molar-refractivity contribution in [2.75, 3.05) is 11.4 Å². The monoisotopic (exact) mass is 247 g/mol. The van der Waals surface area contributed by atoms with Gasteiger partial charge in [-0.3, -0.25) is 19.7 Å². The van der Waals surface area contributed by atoms with Crippen LogP contribution in [-0.2, 0) is 9.59 Å². The minimum absolute atomic E-state index is 0.00338. The zero-order valence-corrected chi connectivity index (χ0v) is 10.1. The summed E-state index contributed by atoms with van der Waals surface area (Å²) >= 11 is 0. The summed E-state index contributed by atoms with van der Waals surface area (Å²) in [5.41, 5.74) is -0.576. The van der Waals surface area contributed by atoms with E-state index in [-0.39, 0.29) is 6.54 Å². The van der Waals surface area contributed by atoms with Crippen LogP contribution in [0.1, 0.15) is 24.2 Å².